The smallest absolute Gasteiger partial charge is 0.237 e. The van der Waals surface area contributed by atoms with Gasteiger partial charge >= 0.3 is 0 Å². The van der Waals surface area contributed by atoms with Gasteiger partial charge in [0.15, 0.2) is 0 Å². The molecule has 0 atom stereocenters. The Morgan fingerprint density at radius 2 is 2.00 bits per heavy atom. The van der Waals surface area contributed by atoms with Gasteiger partial charge in [-0.15, -0.1) is 0 Å². The highest BCUT2D eigenvalue weighted by molar-refractivity contribution is 6.21. The molecule has 1 aliphatic rings. The van der Waals surface area contributed by atoms with Crippen LogP contribution >= 0.6 is 0 Å². The number of fused-ring (bicyclic) bond motifs is 1. The molecule has 0 bridgehead atoms. The van der Waals surface area contributed by atoms with E-state index < -0.39 is 0 Å². The lowest BCUT2D eigenvalue weighted by molar-refractivity contribution is 0.415. The van der Waals surface area contributed by atoms with E-state index in [1.54, 1.807) is 13.3 Å². The molecule has 118 valence electrons. The van der Waals surface area contributed by atoms with Crippen LogP contribution in [0.2, 0.25) is 0 Å². The average molecular weight is 317 g/mol. The maximum Gasteiger partial charge on any atom is 0.237 e. The summed E-state index contributed by atoms with van der Waals surface area (Å²) in [6.45, 7) is 0. The van der Waals surface area contributed by atoms with Gasteiger partial charge in [0.05, 0.1) is 12.8 Å². The topological polar surface area (TPSA) is 70.5 Å². The van der Waals surface area contributed by atoms with Crippen molar-refractivity contribution in [3.8, 4) is 23.0 Å². The van der Waals surface area contributed by atoms with Crippen molar-refractivity contribution in [1.82, 2.24) is 9.97 Å². The Morgan fingerprint density at radius 3 is 2.88 bits per heavy atom. The Morgan fingerprint density at radius 1 is 1.12 bits per heavy atom. The molecule has 0 saturated heterocycles. The van der Waals surface area contributed by atoms with Gasteiger partial charge in [0, 0.05) is 22.9 Å². The summed E-state index contributed by atoms with van der Waals surface area (Å²) < 4.78 is 5.23. The van der Waals surface area contributed by atoms with Gasteiger partial charge in [-0.2, -0.15) is 4.98 Å². The fourth-order valence-electron chi connectivity index (χ4n) is 2.69. The molecule has 2 N–H and O–H groups in total. The minimum Gasteiger partial charge on any atom is -0.497 e. The van der Waals surface area contributed by atoms with Crippen molar-refractivity contribution >= 4 is 23.6 Å². The number of aromatic hydroxyl groups is 1. The molecule has 5 heteroatoms. The Kier molecular flexibility index (Phi) is 3.39. The summed E-state index contributed by atoms with van der Waals surface area (Å²) >= 11 is 0. The molecule has 0 aliphatic carbocycles. The lowest BCUT2D eigenvalue weighted by Crippen LogP contribution is -1.85. The predicted molar refractivity (Wildman–Crippen MR) is 94.7 cm³/mol. The summed E-state index contributed by atoms with van der Waals surface area (Å²) in [6.07, 6.45) is 3.64. The molecule has 2 aromatic carbocycles. The number of aromatic nitrogens is 2. The Hall–Kier alpha value is -3.34. The van der Waals surface area contributed by atoms with Crippen molar-refractivity contribution < 1.29 is 9.84 Å². The summed E-state index contributed by atoms with van der Waals surface area (Å²) in [5.74, 6) is 1.28. The molecule has 0 amide bonds. The van der Waals surface area contributed by atoms with Crippen LogP contribution < -0.4 is 4.74 Å². The highest BCUT2D eigenvalue weighted by Gasteiger charge is 2.14. The second kappa shape index (κ2) is 5.70. The van der Waals surface area contributed by atoms with Crippen LogP contribution in [-0.2, 0) is 0 Å². The van der Waals surface area contributed by atoms with Crippen LogP contribution in [0.25, 0.3) is 23.0 Å². The molecular formula is C19H15N3O2. The number of benzene rings is 2. The van der Waals surface area contributed by atoms with Gasteiger partial charge in [0.1, 0.15) is 17.3 Å². The number of hydrogen-bond acceptors (Lipinski definition) is 4. The van der Waals surface area contributed by atoms with Gasteiger partial charge in [-0.1, -0.05) is 30.3 Å². The largest absolute Gasteiger partial charge is 0.497 e. The van der Waals surface area contributed by atoms with Crippen LogP contribution in [0.3, 0.4) is 0 Å². The van der Waals surface area contributed by atoms with Crippen molar-refractivity contribution in [2.75, 3.05) is 7.11 Å². The number of ether oxygens (including phenoxy) is 1. The number of H-pyrrole nitrogens is 1. The summed E-state index contributed by atoms with van der Waals surface area (Å²) in [5, 5.41) is 10.2. The zero-order valence-corrected chi connectivity index (χ0v) is 13.0. The third kappa shape index (κ3) is 2.46. The Bertz CT molecular complexity index is 970. The number of imidazole rings is 1. The standard InChI is InChI=1S/C19H15N3O2/c1-24-14-6-4-5-12(9-14)18-21-17(19(23)22-18)10-13-11-20-16-8-3-2-7-15(13)16/h2-11,23H,1H3,(H,21,22)/b13-10+. The molecule has 0 spiro atoms. The van der Waals surface area contributed by atoms with Crippen LogP contribution in [0.4, 0.5) is 5.69 Å². The van der Waals surface area contributed by atoms with E-state index in [9.17, 15) is 5.11 Å². The molecule has 5 nitrogen and oxygen atoms in total. The first-order valence-electron chi connectivity index (χ1n) is 7.53. The summed E-state index contributed by atoms with van der Waals surface area (Å²) in [4.78, 5) is 11.7. The van der Waals surface area contributed by atoms with Gasteiger partial charge in [0.2, 0.25) is 5.88 Å². The van der Waals surface area contributed by atoms with Crippen molar-refractivity contribution in [2.45, 2.75) is 0 Å². The molecule has 1 aliphatic heterocycles. The van der Waals surface area contributed by atoms with Gasteiger partial charge < -0.3 is 14.8 Å². The van der Waals surface area contributed by atoms with Crippen molar-refractivity contribution in [3.63, 3.8) is 0 Å². The zero-order chi connectivity index (χ0) is 16.5. The van der Waals surface area contributed by atoms with Gasteiger partial charge in [0.25, 0.3) is 0 Å². The van der Waals surface area contributed by atoms with Gasteiger partial charge in [-0.25, -0.2) is 0 Å². The number of allylic oxidation sites excluding steroid dienone is 1. The third-order valence-corrected chi connectivity index (χ3v) is 3.91. The van der Waals surface area contributed by atoms with Crippen molar-refractivity contribution in [1.29, 1.82) is 0 Å². The molecule has 0 radical (unpaired) electrons. The van der Waals surface area contributed by atoms with E-state index in [4.69, 9.17) is 4.74 Å². The minimum atomic E-state index is -0.0434. The van der Waals surface area contributed by atoms with Crippen LogP contribution in [-0.4, -0.2) is 28.4 Å². The Balaban J connectivity index is 1.72. The second-order valence-corrected chi connectivity index (χ2v) is 5.43. The number of methoxy groups -OCH3 is 1. The maximum atomic E-state index is 10.2. The number of hydrogen-bond donors (Lipinski definition) is 2. The highest BCUT2D eigenvalue weighted by atomic mass is 16.5. The fraction of sp³-hybridized carbons (Fsp3) is 0.0526. The van der Waals surface area contributed by atoms with Crippen molar-refractivity contribution in [3.05, 3.63) is 59.8 Å². The van der Waals surface area contributed by atoms with Crippen LogP contribution in [0.15, 0.2) is 53.5 Å². The number of nitrogens with one attached hydrogen (secondary N) is 1. The van der Waals surface area contributed by atoms with Crippen LogP contribution in [0, 0.1) is 0 Å². The summed E-state index contributed by atoms with van der Waals surface area (Å²) in [7, 11) is 1.62. The highest BCUT2D eigenvalue weighted by Crippen LogP contribution is 2.33. The molecule has 4 rings (SSSR count). The molecule has 24 heavy (non-hydrogen) atoms. The third-order valence-electron chi connectivity index (χ3n) is 3.91. The molecule has 0 fully saturated rings. The Labute approximate surface area is 139 Å². The molecule has 3 aromatic rings. The van der Waals surface area contributed by atoms with Gasteiger partial charge in [-0.3, -0.25) is 4.99 Å². The minimum absolute atomic E-state index is 0.0434. The molecule has 2 heterocycles. The number of nitrogens with zero attached hydrogens (tertiary/aromatic N) is 2. The fourth-order valence-corrected chi connectivity index (χ4v) is 2.69. The first-order chi connectivity index (χ1) is 11.7. The van der Waals surface area contributed by atoms with E-state index in [-0.39, 0.29) is 5.88 Å². The van der Waals surface area contributed by atoms with E-state index in [1.165, 1.54) is 0 Å². The normalized spacial score (nSPS) is 14.1. The number of rotatable bonds is 3. The SMILES string of the molecule is COc1cccc(-c2nc(O)c(/C=C3\C=Nc4ccccc43)[nH]2)c1. The monoisotopic (exact) mass is 317 g/mol. The van der Waals surface area contributed by atoms with E-state index in [0.29, 0.717) is 11.5 Å². The molecule has 0 unspecified atom stereocenters. The van der Waals surface area contributed by atoms with Gasteiger partial charge in [-0.05, 0) is 24.3 Å². The van der Waals surface area contributed by atoms with E-state index >= 15 is 0 Å². The zero-order valence-electron chi connectivity index (χ0n) is 13.0. The lowest BCUT2D eigenvalue weighted by Gasteiger charge is -2.01. The predicted octanol–water partition coefficient (Wildman–Crippen LogP) is 4.05. The van der Waals surface area contributed by atoms with Crippen LogP contribution in [0.5, 0.6) is 11.6 Å². The average Bonchev–Trinajstić information content (AvgIpc) is 3.20. The molecule has 1 aromatic heterocycles. The quantitative estimate of drug-likeness (QED) is 0.765. The second-order valence-electron chi connectivity index (χ2n) is 5.43. The molecular weight excluding hydrogens is 302 g/mol. The first-order valence-corrected chi connectivity index (χ1v) is 7.53. The van der Waals surface area contributed by atoms with E-state index in [0.717, 1.165) is 28.1 Å². The maximum absolute atomic E-state index is 10.2. The number of para-hydroxylation sites is 1. The van der Waals surface area contributed by atoms with Crippen molar-refractivity contribution in [2.24, 2.45) is 4.99 Å². The first kappa shape index (κ1) is 14.3. The van der Waals surface area contributed by atoms with E-state index in [1.807, 2.05) is 54.6 Å². The summed E-state index contributed by atoms with van der Waals surface area (Å²) in [5.41, 5.74) is 4.28. The number of aliphatic imine (C=N–C) groups is 1. The summed E-state index contributed by atoms with van der Waals surface area (Å²) in [6, 6.07) is 15.4. The van der Waals surface area contributed by atoms with Crippen LogP contribution in [0.1, 0.15) is 11.3 Å². The lowest BCUT2D eigenvalue weighted by atomic mass is 10.1. The molecule has 0 saturated carbocycles. The number of aromatic amines is 1. The van der Waals surface area contributed by atoms with E-state index in [2.05, 4.69) is 15.0 Å².